The molecule has 0 aromatic carbocycles. The minimum absolute atomic E-state index is 0.352. The van der Waals surface area contributed by atoms with Gasteiger partial charge in [0.2, 0.25) is 0 Å². The van der Waals surface area contributed by atoms with Crippen LogP contribution in [0.15, 0.2) is 0 Å². The molecule has 1 heteroatoms. The van der Waals surface area contributed by atoms with Gasteiger partial charge in [0.1, 0.15) is 0 Å². The third kappa shape index (κ3) is 4.13. The molecule has 0 heterocycles. The van der Waals surface area contributed by atoms with Gasteiger partial charge < -0.3 is 0 Å². The van der Waals surface area contributed by atoms with Crippen molar-refractivity contribution < 1.29 is 0 Å². The Morgan fingerprint density at radius 1 is 1.00 bits per heavy atom. The average Bonchev–Trinajstić information content (AvgIpc) is 2.24. The molecule has 1 saturated carbocycles. The quantitative estimate of drug-likeness (QED) is 0.609. The largest absolute Gasteiger partial charge is 0.198 e. The van der Waals surface area contributed by atoms with E-state index >= 15 is 0 Å². The van der Waals surface area contributed by atoms with Gasteiger partial charge in [-0.2, -0.15) is 5.26 Å². The van der Waals surface area contributed by atoms with Crippen molar-refractivity contribution in [2.24, 2.45) is 11.8 Å². The van der Waals surface area contributed by atoms with E-state index in [0.29, 0.717) is 5.92 Å². The van der Waals surface area contributed by atoms with E-state index in [1.807, 2.05) is 0 Å². The van der Waals surface area contributed by atoms with Crippen LogP contribution >= 0.6 is 0 Å². The highest BCUT2D eigenvalue weighted by atomic mass is 14.3. The molecule has 0 aliphatic heterocycles. The SMILES string of the molecule is CCC1CCCCCC(C#N)CCC1. The molecule has 2 atom stereocenters. The van der Waals surface area contributed by atoms with Gasteiger partial charge in [-0.25, -0.2) is 0 Å². The van der Waals surface area contributed by atoms with Crippen LogP contribution in [0.2, 0.25) is 0 Å². The number of nitrogens with zero attached hydrogens (tertiary/aromatic N) is 1. The van der Waals surface area contributed by atoms with E-state index < -0.39 is 0 Å². The lowest BCUT2D eigenvalue weighted by atomic mass is 9.87. The molecule has 0 spiro atoms. The third-order valence-corrected chi connectivity index (χ3v) is 3.59. The monoisotopic (exact) mass is 193 g/mol. The predicted molar refractivity (Wildman–Crippen MR) is 59.8 cm³/mol. The molecule has 0 radical (unpaired) electrons. The Morgan fingerprint density at radius 3 is 2.36 bits per heavy atom. The van der Waals surface area contributed by atoms with Crippen LogP contribution in [0, 0.1) is 23.2 Å². The van der Waals surface area contributed by atoms with E-state index in [1.54, 1.807) is 0 Å². The fourth-order valence-electron chi connectivity index (χ4n) is 2.48. The summed E-state index contributed by atoms with van der Waals surface area (Å²) >= 11 is 0. The zero-order valence-electron chi connectivity index (χ0n) is 9.47. The molecular formula is C13H23N. The highest BCUT2D eigenvalue weighted by Gasteiger charge is 2.12. The molecule has 0 N–H and O–H groups in total. The van der Waals surface area contributed by atoms with E-state index in [1.165, 1.54) is 44.9 Å². The second-order valence-corrected chi connectivity index (χ2v) is 4.67. The Morgan fingerprint density at radius 2 is 1.64 bits per heavy atom. The van der Waals surface area contributed by atoms with Gasteiger partial charge in [-0.05, 0) is 18.8 Å². The molecule has 0 amide bonds. The zero-order valence-corrected chi connectivity index (χ0v) is 9.47. The van der Waals surface area contributed by atoms with Crippen LogP contribution in [0.4, 0.5) is 0 Å². The second kappa shape index (κ2) is 6.87. The summed E-state index contributed by atoms with van der Waals surface area (Å²) in [6.07, 6.45) is 11.7. The van der Waals surface area contributed by atoms with Crippen molar-refractivity contribution >= 4 is 0 Å². The van der Waals surface area contributed by atoms with E-state index in [9.17, 15) is 0 Å². The van der Waals surface area contributed by atoms with Gasteiger partial charge in [0.05, 0.1) is 6.07 Å². The van der Waals surface area contributed by atoms with Crippen molar-refractivity contribution in [2.45, 2.75) is 64.7 Å². The first-order valence-corrected chi connectivity index (χ1v) is 6.26. The van der Waals surface area contributed by atoms with Crippen LogP contribution in [0.3, 0.4) is 0 Å². The van der Waals surface area contributed by atoms with Crippen LogP contribution in [0.5, 0.6) is 0 Å². The third-order valence-electron chi connectivity index (χ3n) is 3.59. The van der Waals surface area contributed by atoms with Crippen molar-refractivity contribution in [3.63, 3.8) is 0 Å². The summed E-state index contributed by atoms with van der Waals surface area (Å²) in [5.41, 5.74) is 0. The molecule has 0 bridgehead atoms. The maximum absolute atomic E-state index is 8.94. The molecule has 0 aromatic heterocycles. The topological polar surface area (TPSA) is 23.8 Å². The summed E-state index contributed by atoms with van der Waals surface area (Å²) in [6.45, 7) is 2.30. The lowest BCUT2D eigenvalue weighted by molar-refractivity contribution is 0.361. The van der Waals surface area contributed by atoms with Gasteiger partial charge in [0.25, 0.3) is 0 Å². The van der Waals surface area contributed by atoms with Crippen LogP contribution in [0.25, 0.3) is 0 Å². The molecule has 0 aromatic rings. The lowest BCUT2D eigenvalue weighted by Crippen LogP contribution is -2.05. The highest BCUT2D eigenvalue weighted by molar-refractivity contribution is 4.83. The minimum atomic E-state index is 0.352. The molecule has 14 heavy (non-hydrogen) atoms. The van der Waals surface area contributed by atoms with Crippen LogP contribution in [-0.2, 0) is 0 Å². The Balaban J connectivity index is 2.33. The van der Waals surface area contributed by atoms with E-state index in [4.69, 9.17) is 5.26 Å². The van der Waals surface area contributed by atoms with Crippen molar-refractivity contribution in [1.29, 1.82) is 5.26 Å². The Hall–Kier alpha value is -0.510. The summed E-state index contributed by atoms with van der Waals surface area (Å²) in [7, 11) is 0. The van der Waals surface area contributed by atoms with E-state index in [0.717, 1.165) is 18.8 Å². The Bertz CT molecular complexity index is 180. The first-order valence-electron chi connectivity index (χ1n) is 6.26. The van der Waals surface area contributed by atoms with E-state index in [2.05, 4.69) is 13.0 Å². The molecule has 2 unspecified atom stereocenters. The maximum atomic E-state index is 8.94. The number of hydrogen-bond acceptors (Lipinski definition) is 1. The minimum Gasteiger partial charge on any atom is -0.198 e. The molecule has 1 rings (SSSR count). The summed E-state index contributed by atoms with van der Waals surface area (Å²) in [4.78, 5) is 0. The van der Waals surface area contributed by atoms with Crippen molar-refractivity contribution in [3.05, 3.63) is 0 Å². The summed E-state index contributed by atoms with van der Waals surface area (Å²) in [5.74, 6) is 1.29. The van der Waals surface area contributed by atoms with Gasteiger partial charge in [-0.3, -0.25) is 0 Å². The molecular weight excluding hydrogens is 170 g/mol. The molecule has 1 aliphatic rings. The molecule has 1 aliphatic carbocycles. The molecule has 80 valence electrons. The van der Waals surface area contributed by atoms with Crippen molar-refractivity contribution in [2.75, 3.05) is 0 Å². The maximum Gasteiger partial charge on any atom is 0.0655 e. The van der Waals surface area contributed by atoms with Gasteiger partial charge >= 0.3 is 0 Å². The summed E-state index contributed by atoms with van der Waals surface area (Å²) in [5, 5.41) is 8.94. The standard InChI is InChI=1S/C13H23N/c1-2-12-7-4-3-5-8-13(11-14)10-6-9-12/h12-13H,2-10H2,1H3. The van der Waals surface area contributed by atoms with Crippen molar-refractivity contribution in [3.8, 4) is 6.07 Å². The van der Waals surface area contributed by atoms with Crippen LogP contribution in [-0.4, -0.2) is 0 Å². The summed E-state index contributed by atoms with van der Waals surface area (Å²) < 4.78 is 0. The normalized spacial score (nSPS) is 30.6. The fraction of sp³-hybridized carbons (Fsp3) is 0.923. The van der Waals surface area contributed by atoms with Gasteiger partial charge in [0.15, 0.2) is 0 Å². The van der Waals surface area contributed by atoms with Crippen LogP contribution < -0.4 is 0 Å². The Labute approximate surface area is 88.5 Å². The second-order valence-electron chi connectivity index (χ2n) is 4.67. The number of rotatable bonds is 1. The number of nitriles is 1. The van der Waals surface area contributed by atoms with E-state index in [-0.39, 0.29) is 0 Å². The fourth-order valence-corrected chi connectivity index (χ4v) is 2.48. The van der Waals surface area contributed by atoms with Crippen molar-refractivity contribution in [1.82, 2.24) is 0 Å². The molecule has 1 nitrogen and oxygen atoms in total. The molecule has 1 fully saturated rings. The van der Waals surface area contributed by atoms with Gasteiger partial charge in [-0.1, -0.05) is 51.9 Å². The van der Waals surface area contributed by atoms with Gasteiger partial charge in [-0.15, -0.1) is 0 Å². The first-order chi connectivity index (χ1) is 6.86. The highest BCUT2D eigenvalue weighted by Crippen LogP contribution is 2.25. The molecule has 0 saturated heterocycles. The first kappa shape index (κ1) is 11.6. The number of hydrogen-bond donors (Lipinski definition) is 0. The van der Waals surface area contributed by atoms with Crippen LogP contribution in [0.1, 0.15) is 64.7 Å². The average molecular weight is 193 g/mol. The predicted octanol–water partition coefficient (Wildman–Crippen LogP) is 4.29. The Kier molecular flexibility index (Phi) is 5.68. The zero-order chi connectivity index (χ0) is 10.2. The smallest absolute Gasteiger partial charge is 0.0655 e. The lowest BCUT2D eigenvalue weighted by Gasteiger charge is -2.18. The van der Waals surface area contributed by atoms with Gasteiger partial charge in [0, 0.05) is 5.92 Å². The summed E-state index contributed by atoms with van der Waals surface area (Å²) in [6, 6.07) is 2.45.